The normalized spacial score (nSPS) is 17.7. The average molecular weight is 399 g/mol. The molecule has 0 saturated carbocycles. The fourth-order valence-corrected chi connectivity index (χ4v) is 3.67. The summed E-state index contributed by atoms with van der Waals surface area (Å²) in [5.41, 5.74) is 1.73. The topological polar surface area (TPSA) is 68.2 Å². The lowest BCUT2D eigenvalue weighted by molar-refractivity contribution is 0.0525. The highest BCUT2D eigenvalue weighted by Gasteiger charge is 2.27. The fraction of sp³-hybridized carbons (Fsp3) is 0.435. The van der Waals surface area contributed by atoms with Gasteiger partial charge in [0, 0.05) is 12.6 Å². The fourth-order valence-electron chi connectivity index (χ4n) is 3.67. The second-order valence-electron chi connectivity index (χ2n) is 7.14. The molecular weight excluding hydrogens is 370 g/mol. The number of aliphatic hydroxyl groups is 1. The summed E-state index contributed by atoms with van der Waals surface area (Å²) in [5.74, 6) is 1.11. The van der Waals surface area contributed by atoms with Crippen LogP contribution in [0.3, 0.4) is 0 Å². The van der Waals surface area contributed by atoms with Gasteiger partial charge in [0.1, 0.15) is 24.2 Å². The summed E-state index contributed by atoms with van der Waals surface area (Å²) < 4.78 is 15.9. The Hall–Kier alpha value is -2.57. The number of benzene rings is 2. The summed E-state index contributed by atoms with van der Waals surface area (Å²) in [6.07, 6.45) is 1.59. The number of ether oxygens (including phenoxy) is 3. The largest absolute Gasteiger partial charge is 0.497 e. The van der Waals surface area contributed by atoms with E-state index in [2.05, 4.69) is 17.0 Å². The lowest BCUT2D eigenvalue weighted by atomic mass is 10.0. The quantitative estimate of drug-likeness (QED) is 0.652. The van der Waals surface area contributed by atoms with Crippen LogP contribution in [0.4, 0.5) is 0 Å². The van der Waals surface area contributed by atoms with Gasteiger partial charge in [-0.3, -0.25) is 4.90 Å². The zero-order valence-electron chi connectivity index (χ0n) is 17.0. The molecule has 0 spiro atoms. The maximum Gasteiger partial charge on any atom is 0.338 e. The zero-order valence-corrected chi connectivity index (χ0v) is 17.0. The molecular formula is C23H29NO5. The highest BCUT2D eigenvalue weighted by Crippen LogP contribution is 2.32. The van der Waals surface area contributed by atoms with Crippen LogP contribution in [0.25, 0.3) is 0 Å². The summed E-state index contributed by atoms with van der Waals surface area (Å²) in [4.78, 5) is 14.0. The smallest absolute Gasteiger partial charge is 0.338 e. The van der Waals surface area contributed by atoms with Crippen LogP contribution < -0.4 is 9.47 Å². The van der Waals surface area contributed by atoms with E-state index in [1.807, 2.05) is 12.1 Å². The van der Waals surface area contributed by atoms with Crippen LogP contribution in [0.5, 0.6) is 11.5 Å². The van der Waals surface area contributed by atoms with Crippen LogP contribution in [0, 0.1) is 0 Å². The SMILES string of the molecule is CCOC(=O)c1ccc(OCC(O)CN2CCCC2c2ccc(OC)cc2)cc1. The van der Waals surface area contributed by atoms with Gasteiger partial charge in [-0.1, -0.05) is 12.1 Å². The average Bonchev–Trinajstić information content (AvgIpc) is 3.21. The zero-order chi connectivity index (χ0) is 20.6. The molecule has 1 aliphatic rings. The lowest BCUT2D eigenvalue weighted by Crippen LogP contribution is -2.35. The van der Waals surface area contributed by atoms with Crippen molar-refractivity contribution < 1.29 is 24.1 Å². The van der Waals surface area contributed by atoms with Crippen LogP contribution in [0.15, 0.2) is 48.5 Å². The van der Waals surface area contributed by atoms with Crippen molar-refractivity contribution in [3.05, 3.63) is 59.7 Å². The van der Waals surface area contributed by atoms with E-state index in [1.165, 1.54) is 5.56 Å². The number of methoxy groups -OCH3 is 1. The van der Waals surface area contributed by atoms with Gasteiger partial charge in [-0.05, 0) is 68.3 Å². The van der Waals surface area contributed by atoms with Crippen molar-refractivity contribution in [2.45, 2.75) is 31.9 Å². The number of esters is 1. The van der Waals surface area contributed by atoms with Crippen LogP contribution in [-0.2, 0) is 4.74 Å². The number of hydrogen-bond donors (Lipinski definition) is 1. The van der Waals surface area contributed by atoms with Gasteiger partial charge in [-0.15, -0.1) is 0 Å². The van der Waals surface area contributed by atoms with Crippen LogP contribution in [0.1, 0.15) is 41.7 Å². The van der Waals surface area contributed by atoms with Gasteiger partial charge in [-0.25, -0.2) is 4.79 Å². The second-order valence-corrected chi connectivity index (χ2v) is 7.14. The summed E-state index contributed by atoms with van der Waals surface area (Å²) in [5, 5.41) is 10.5. The molecule has 1 aliphatic heterocycles. The molecule has 2 unspecified atom stereocenters. The Kier molecular flexibility index (Phi) is 7.49. The molecule has 1 fully saturated rings. The molecule has 1 N–H and O–H groups in total. The van der Waals surface area contributed by atoms with Crippen molar-refractivity contribution in [2.75, 3.05) is 33.4 Å². The van der Waals surface area contributed by atoms with Gasteiger partial charge in [-0.2, -0.15) is 0 Å². The van der Waals surface area contributed by atoms with Crippen molar-refractivity contribution in [2.24, 2.45) is 0 Å². The molecule has 1 heterocycles. The monoisotopic (exact) mass is 399 g/mol. The summed E-state index contributed by atoms with van der Waals surface area (Å²) in [6, 6.07) is 15.2. The van der Waals surface area contributed by atoms with Gasteiger partial charge in [0.05, 0.1) is 19.3 Å². The van der Waals surface area contributed by atoms with E-state index in [4.69, 9.17) is 14.2 Å². The molecule has 0 amide bonds. The molecule has 1 saturated heterocycles. The first kappa shape index (κ1) is 21.1. The number of carbonyl (C=O) groups excluding carboxylic acids is 1. The minimum absolute atomic E-state index is 0.199. The van der Waals surface area contributed by atoms with Crippen molar-refractivity contribution in [1.29, 1.82) is 0 Å². The Bertz CT molecular complexity index is 775. The van der Waals surface area contributed by atoms with Gasteiger partial charge in [0.2, 0.25) is 0 Å². The Labute approximate surface area is 172 Å². The first-order valence-electron chi connectivity index (χ1n) is 10.1. The molecule has 2 atom stereocenters. The van der Waals surface area contributed by atoms with E-state index >= 15 is 0 Å². The predicted octanol–water partition coefficient (Wildman–Crippen LogP) is 3.45. The number of carbonyl (C=O) groups is 1. The second kappa shape index (κ2) is 10.3. The van der Waals surface area contributed by atoms with Crippen LogP contribution in [0.2, 0.25) is 0 Å². The van der Waals surface area contributed by atoms with E-state index < -0.39 is 6.10 Å². The van der Waals surface area contributed by atoms with Crippen molar-refractivity contribution in [3.8, 4) is 11.5 Å². The lowest BCUT2D eigenvalue weighted by Gasteiger charge is -2.27. The number of nitrogens with zero attached hydrogens (tertiary/aromatic N) is 1. The van der Waals surface area contributed by atoms with E-state index in [0.717, 1.165) is 25.1 Å². The van der Waals surface area contributed by atoms with Crippen LogP contribution >= 0.6 is 0 Å². The molecule has 0 radical (unpaired) electrons. The molecule has 3 rings (SSSR count). The molecule has 6 heteroatoms. The van der Waals surface area contributed by atoms with E-state index in [-0.39, 0.29) is 12.6 Å². The molecule has 0 aliphatic carbocycles. The number of aliphatic hydroxyl groups excluding tert-OH is 1. The first-order valence-corrected chi connectivity index (χ1v) is 10.1. The third kappa shape index (κ3) is 5.71. The van der Waals surface area contributed by atoms with Crippen LogP contribution in [-0.4, -0.2) is 55.5 Å². The maximum absolute atomic E-state index is 11.7. The van der Waals surface area contributed by atoms with Crippen molar-refractivity contribution >= 4 is 5.97 Å². The van der Waals surface area contributed by atoms with E-state index in [0.29, 0.717) is 30.5 Å². The highest BCUT2D eigenvalue weighted by molar-refractivity contribution is 5.89. The molecule has 29 heavy (non-hydrogen) atoms. The predicted molar refractivity (Wildman–Crippen MR) is 110 cm³/mol. The minimum atomic E-state index is -0.599. The maximum atomic E-state index is 11.7. The van der Waals surface area contributed by atoms with Gasteiger partial charge >= 0.3 is 5.97 Å². The molecule has 0 aromatic heterocycles. The van der Waals surface area contributed by atoms with E-state index in [9.17, 15) is 9.90 Å². The minimum Gasteiger partial charge on any atom is -0.497 e. The Balaban J connectivity index is 1.50. The number of rotatable bonds is 9. The molecule has 6 nitrogen and oxygen atoms in total. The summed E-state index contributed by atoms with van der Waals surface area (Å²) >= 11 is 0. The Morgan fingerprint density at radius 2 is 1.83 bits per heavy atom. The van der Waals surface area contributed by atoms with Gasteiger partial charge in [0.15, 0.2) is 0 Å². The number of β-amino-alcohol motifs (C(OH)–C–C–N with tert-alkyl or cyclic N) is 1. The third-order valence-corrected chi connectivity index (χ3v) is 5.12. The Morgan fingerprint density at radius 3 is 2.48 bits per heavy atom. The van der Waals surface area contributed by atoms with Crippen molar-refractivity contribution in [3.63, 3.8) is 0 Å². The van der Waals surface area contributed by atoms with Gasteiger partial charge in [0.25, 0.3) is 0 Å². The van der Waals surface area contributed by atoms with E-state index in [1.54, 1.807) is 38.3 Å². The Morgan fingerprint density at radius 1 is 1.14 bits per heavy atom. The number of hydrogen-bond acceptors (Lipinski definition) is 6. The van der Waals surface area contributed by atoms with Crippen molar-refractivity contribution in [1.82, 2.24) is 4.90 Å². The molecule has 2 aromatic carbocycles. The number of likely N-dealkylation sites (tertiary alicyclic amines) is 1. The standard InChI is InChI=1S/C23H29NO5/c1-3-28-23(26)18-8-12-21(13-9-18)29-16-19(25)15-24-14-4-5-22(24)17-6-10-20(27-2)11-7-17/h6-13,19,22,25H,3-5,14-16H2,1-2H3. The third-order valence-electron chi connectivity index (χ3n) is 5.12. The molecule has 2 aromatic rings. The molecule has 156 valence electrons. The first-order chi connectivity index (χ1) is 14.1. The summed E-state index contributed by atoms with van der Waals surface area (Å²) in [6.45, 7) is 3.83. The highest BCUT2D eigenvalue weighted by atomic mass is 16.5. The molecule has 0 bridgehead atoms. The summed E-state index contributed by atoms with van der Waals surface area (Å²) in [7, 11) is 1.66. The van der Waals surface area contributed by atoms with Gasteiger partial charge < -0.3 is 19.3 Å².